The van der Waals surface area contributed by atoms with Crippen molar-refractivity contribution in [2.45, 2.75) is 31.3 Å². The van der Waals surface area contributed by atoms with Gasteiger partial charge in [-0.2, -0.15) is 0 Å². The molecule has 8 nitrogen and oxygen atoms in total. The van der Waals surface area contributed by atoms with E-state index in [0.717, 1.165) is 9.87 Å². The van der Waals surface area contributed by atoms with Crippen LogP contribution in [0.2, 0.25) is 10.0 Å². The first-order valence-corrected chi connectivity index (χ1v) is 13.9. The highest BCUT2D eigenvalue weighted by Crippen LogP contribution is 2.29. The number of nitrogens with one attached hydrogen (secondary N) is 1. The summed E-state index contributed by atoms with van der Waals surface area (Å²) in [4.78, 5) is 27.7. The largest absolute Gasteiger partial charge is 0.497 e. The fourth-order valence-electron chi connectivity index (χ4n) is 3.76. The minimum Gasteiger partial charge on any atom is -0.497 e. The van der Waals surface area contributed by atoms with Gasteiger partial charge in [-0.1, -0.05) is 47.0 Å². The van der Waals surface area contributed by atoms with E-state index in [1.165, 1.54) is 31.2 Å². The van der Waals surface area contributed by atoms with Crippen LogP contribution in [0.25, 0.3) is 0 Å². The number of sulfonamides is 1. The topological polar surface area (TPSA) is 96.0 Å². The average molecular weight is 579 g/mol. The molecule has 0 aliphatic rings. The van der Waals surface area contributed by atoms with Crippen molar-refractivity contribution in [1.29, 1.82) is 0 Å². The van der Waals surface area contributed by atoms with E-state index in [-0.39, 0.29) is 17.1 Å². The monoisotopic (exact) mass is 577 g/mol. The van der Waals surface area contributed by atoms with Crippen molar-refractivity contribution >= 4 is 50.7 Å². The molecule has 1 N–H and O–H groups in total. The second-order valence-electron chi connectivity index (χ2n) is 8.53. The summed E-state index contributed by atoms with van der Waals surface area (Å²) in [6, 6.07) is 16.6. The number of amides is 2. The Hall–Kier alpha value is -3.27. The van der Waals surface area contributed by atoms with Crippen LogP contribution in [0, 0.1) is 6.92 Å². The Morgan fingerprint density at radius 2 is 1.55 bits per heavy atom. The molecule has 11 heteroatoms. The van der Waals surface area contributed by atoms with Crippen LogP contribution in [0.4, 0.5) is 5.69 Å². The molecule has 0 saturated heterocycles. The molecule has 2 amide bonds. The van der Waals surface area contributed by atoms with Gasteiger partial charge < -0.3 is 15.0 Å². The van der Waals surface area contributed by atoms with Crippen LogP contribution in [-0.2, 0) is 26.2 Å². The molecule has 0 bridgehead atoms. The first kappa shape index (κ1) is 29.3. The number of aryl methyl sites for hydroxylation is 1. The maximum absolute atomic E-state index is 13.8. The zero-order chi connectivity index (χ0) is 28.0. The van der Waals surface area contributed by atoms with E-state index in [1.54, 1.807) is 61.5 Å². The summed E-state index contributed by atoms with van der Waals surface area (Å²) in [6.07, 6.45) is 0. The molecule has 0 spiro atoms. The van der Waals surface area contributed by atoms with Gasteiger partial charge >= 0.3 is 0 Å². The lowest BCUT2D eigenvalue weighted by molar-refractivity contribution is -0.139. The lowest BCUT2D eigenvalue weighted by atomic mass is 10.1. The number of ether oxygens (including phenoxy) is 1. The SMILES string of the molecule is CNC(=O)C(C)N(Cc1c(Cl)cccc1Cl)C(=O)CN(c1ccc(OC)cc1)S(=O)(=O)c1ccc(C)cc1. The van der Waals surface area contributed by atoms with E-state index < -0.39 is 34.4 Å². The van der Waals surface area contributed by atoms with Gasteiger partial charge in [0.1, 0.15) is 18.3 Å². The van der Waals surface area contributed by atoms with Crippen molar-refractivity contribution in [3.63, 3.8) is 0 Å². The van der Waals surface area contributed by atoms with Crippen LogP contribution in [0.3, 0.4) is 0 Å². The van der Waals surface area contributed by atoms with Crippen molar-refractivity contribution in [3.05, 3.63) is 87.9 Å². The summed E-state index contributed by atoms with van der Waals surface area (Å²) in [5, 5.41) is 3.17. The summed E-state index contributed by atoms with van der Waals surface area (Å²) in [7, 11) is -1.22. The van der Waals surface area contributed by atoms with Gasteiger partial charge in [0.25, 0.3) is 10.0 Å². The summed E-state index contributed by atoms with van der Waals surface area (Å²) in [6.45, 7) is 2.71. The Morgan fingerprint density at radius 3 is 2.08 bits per heavy atom. The molecular formula is C27H29Cl2N3O5S. The fourth-order valence-corrected chi connectivity index (χ4v) is 5.69. The van der Waals surface area contributed by atoms with Crippen molar-refractivity contribution in [2.24, 2.45) is 0 Å². The molecule has 0 saturated carbocycles. The van der Waals surface area contributed by atoms with Gasteiger partial charge in [-0.15, -0.1) is 0 Å². The van der Waals surface area contributed by atoms with E-state index in [4.69, 9.17) is 27.9 Å². The second-order valence-corrected chi connectivity index (χ2v) is 11.2. The van der Waals surface area contributed by atoms with E-state index in [2.05, 4.69) is 5.32 Å². The number of benzene rings is 3. The summed E-state index contributed by atoms with van der Waals surface area (Å²) < 4.78 is 33.8. The van der Waals surface area contributed by atoms with Gasteiger partial charge in [0.05, 0.1) is 17.7 Å². The molecule has 0 heterocycles. The molecule has 38 heavy (non-hydrogen) atoms. The maximum atomic E-state index is 13.8. The molecule has 3 aromatic rings. The van der Waals surface area contributed by atoms with Crippen LogP contribution in [-0.4, -0.2) is 51.9 Å². The average Bonchev–Trinajstić information content (AvgIpc) is 2.91. The van der Waals surface area contributed by atoms with Gasteiger partial charge in [0, 0.05) is 29.2 Å². The number of rotatable bonds is 10. The fraction of sp³-hybridized carbons (Fsp3) is 0.259. The standard InChI is InChI=1S/C27H29Cl2N3O5S/c1-18-8-14-22(15-9-18)38(35,36)32(20-10-12-21(37-4)13-11-20)17-26(33)31(19(2)27(34)30-3)16-23-24(28)6-5-7-25(23)29/h5-15,19H,16-17H2,1-4H3,(H,30,34). The molecular weight excluding hydrogens is 549 g/mol. The van der Waals surface area contributed by atoms with Crippen LogP contribution < -0.4 is 14.4 Å². The quantitative estimate of drug-likeness (QED) is 0.378. The number of nitrogens with zero attached hydrogens (tertiary/aromatic N) is 2. The third-order valence-electron chi connectivity index (χ3n) is 6.05. The Kier molecular flexibility index (Phi) is 9.65. The highest BCUT2D eigenvalue weighted by atomic mass is 35.5. The minimum atomic E-state index is -4.17. The number of methoxy groups -OCH3 is 1. The number of likely N-dealkylation sites (N-methyl/N-ethyl adjacent to an activating group) is 1. The van der Waals surface area contributed by atoms with Crippen molar-refractivity contribution < 1.29 is 22.7 Å². The zero-order valence-corrected chi connectivity index (χ0v) is 23.8. The number of halogens is 2. The molecule has 1 atom stereocenters. The van der Waals surface area contributed by atoms with E-state index in [0.29, 0.717) is 21.4 Å². The third kappa shape index (κ3) is 6.59. The van der Waals surface area contributed by atoms with Gasteiger partial charge in [-0.25, -0.2) is 8.42 Å². The molecule has 0 aromatic heterocycles. The van der Waals surface area contributed by atoms with Gasteiger partial charge in [-0.3, -0.25) is 13.9 Å². The predicted octanol–water partition coefficient (Wildman–Crippen LogP) is 4.67. The summed E-state index contributed by atoms with van der Waals surface area (Å²) in [5.74, 6) is -0.529. The van der Waals surface area contributed by atoms with Crippen LogP contribution in [0.15, 0.2) is 71.6 Å². The Bertz CT molecular complexity index is 1380. The number of hydrogen-bond acceptors (Lipinski definition) is 5. The number of carbonyl (C=O) groups is 2. The molecule has 1 unspecified atom stereocenters. The molecule has 0 radical (unpaired) electrons. The summed E-state index contributed by atoms with van der Waals surface area (Å²) in [5.41, 5.74) is 1.58. The lowest BCUT2D eigenvalue weighted by Gasteiger charge is -2.32. The Labute approximate surface area is 233 Å². The predicted molar refractivity (Wildman–Crippen MR) is 149 cm³/mol. The van der Waals surface area contributed by atoms with Crippen molar-refractivity contribution in [1.82, 2.24) is 10.2 Å². The third-order valence-corrected chi connectivity index (χ3v) is 8.55. The molecule has 0 aliphatic carbocycles. The molecule has 3 rings (SSSR count). The van der Waals surface area contributed by atoms with Crippen molar-refractivity contribution in [2.75, 3.05) is 25.0 Å². The lowest BCUT2D eigenvalue weighted by Crippen LogP contribution is -2.50. The number of anilines is 1. The van der Waals surface area contributed by atoms with Crippen LogP contribution in [0.1, 0.15) is 18.1 Å². The highest BCUT2D eigenvalue weighted by molar-refractivity contribution is 7.92. The van der Waals surface area contributed by atoms with E-state index >= 15 is 0 Å². The molecule has 202 valence electrons. The van der Waals surface area contributed by atoms with Crippen LogP contribution >= 0.6 is 23.2 Å². The number of carbonyl (C=O) groups excluding carboxylic acids is 2. The minimum absolute atomic E-state index is 0.0202. The van der Waals surface area contributed by atoms with Crippen LogP contribution in [0.5, 0.6) is 5.75 Å². The van der Waals surface area contributed by atoms with E-state index in [9.17, 15) is 18.0 Å². The zero-order valence-electron chi connectivity index (χ0n) is 21.4. The highest BCUT2D eigenvalue weighted by Gasteiger charge is 2.33. The van der Waals surface area contributed by atoms with Gasteiger partial charge in [0.15, 0.2) is 0 Å². The molecule has 3 aromatic carbocycles. The van der Waals surface area contributed by atoms with Gasteiger partial charge in [-0.05, 0) is 62.4 Å². The van der Waals surface area contributed by atoms with E-state index in [1.807, 2.05) is 6.92 Å². The normalized spacial score (nSPS) is 11.9. The smallest absolute Gasteiger partial charge is 0.264 e. The Balaban J connectivity index is 2.07. The maximum Gasteiger partial charge on any atom is 0.264 e. The van der Waals surface area contributed by atoms with Crippen molar-refractivity contribution in [3.8, 4) is 5.75 Å². The number of hydrogen-bond donors (Lipinski definition) is 1. The second kappa shape index (κ2) is 12.5. The van der Waals surface area contributed by atoms with Gasteiger partial charge in [0.2, 0.25) is 11.8 Å². The first-order valence-electron chi connectivity index (χ1n) is 11.7. The Morgan fingerprint density at radius 1 is 0.974 bits per heavy atom. The molecule has 0 fully saturated rings. The molecule has 0 aliphatic heterocycles. The summed E-state index contributed by atoms with van der Waals surface area (Å²) >= 11 is 12.7. The first-order chi connectivity index (χ1) is 18.0.